The number of carboxylic acid groups (broad SMARTS) is 1. The molecule has 5 saturated heterocycles. The largest absolute Gasteiger partial charge is 0.507 e. The molecule has 5 aromatic rings. The van der Waals surface area contributed by atoms with Gasteiger partial charge in [-0.2, -0.15) is 0 Å². The molecule has 0 spiro atoms. The molecular formula is C62H71O38+. The molecule has 25 atom stereocenters. The van der Waals surface area contributed by atoms with Crippen molar-refractivity contribution in [1.82, 2.24) is 0 Å². The Morgan fingerprint density at radius 1 is 0.380 bits per heavy atom. The molecule has 6 heterocycles. The molecule has 0 radical (unpaired) electrons. The van der Waals surface area contributed by atoms with Gasteiger partial charge >= 0.3 is 35.2 Å². The highest BCUT2D eigenvalue weighted by Gasteiger charge is 2.51. The molecule has 1 aromatic heterocycles. The summed E-state index contributed by atoms with van der Waals surface area (Å²) in [6.07, 6.45) is -46.5. The second kappa shape index (κ2) is 31.8. The van der Waals surface area contributed by atoms with Crippen molar-refractivity contribution in [2.45, 2.75) is 160 Å². The Bertz CT molecular complexity index is 3630. The van der Waals surface area contributed by atoms with E-state index in [9.17, 15) is 116 Å². The number of hydrogen-bond donors (Lipinski definition) is 20. The Morgan fingerprint density at radius 2 is 0.750 bits per heavy atom. The van der Waals surface area contributed by atoms with Crippen LogP contribution in [0.1, 0.15) is 27.1 Å². The number of carboxylic acids is 1. The molecule has 0 unspecified atom stereocenters. The van der Waals surface area contributed by atoms with Crippen LogP contribution in [0.3, 0.4) is 0 Å². The fourth-order valence-corrected chi connectivity index (χ4v) is 10.9. The Balaban J connectivity index is 0.869. The van der Waals surface area contributed by atoms with E-state index in [2.05, 4.69) is 0 Å². The molecule has 0 aliphatic carbocycles. The zero-order valence-electron chi connectivity index (χ0n) is 51.6. The monoisotopic (exact) mass is 1420 g/mol. The number of ether oxygens (including phenoxy) is 13. The van der Waals surface area contributed by atoms with Gasteiger partial charge in [0.1, 0.15) is 177 Å². The molecule has 10 rings (SSSR count). The van der Waals surface area contributed by atoms with Crippen LogP contribution < -0.4 is 23.7 Å². The first kappa shape index (κ1) is 74.6. The summed E-state index contributed by atoms with van der Waals surface area (Å²) in [5.41, 5.74) is -0.780. The number of carbonyl (C=O) groups excluding carboxylic acids is 3. The Kier molecular flexibility index (Phi) is 23.7. The van der Waals surface area contributed by atoms with E-state index in [1.807, 2.05) is 0 Å². The average Bonchev–Trinajstić information content (AvgIpc) is 0.761. The van der Waals surface area contributed by atoms with Crippen molar-refractivity contribution < 1.29 is 187 Å². The van der Waals surface area contributed by atoms with Crippen LogP contribution >= 0.6 is 0 Å². The maximum absolute atomic E-state index is 13.2. The van der Waals surface area contributed by atoms with E-state index in [0.29, 0.717) is 0 Å². The van der Waals surface area contributed by atoms with E-state index in [0.717, 1.165) is 36.4 Å². The fraction of sp³-hybridized carbons (Fsp3) is 0.500. The third-order valence-corrected chi connectivity index (χ3v) is 16.6. The number of phenolic OH excluding ortho intramolecular Hbond substituents is 2. The summed E-state index contributed by atoms with van der Waals surface area (Å²) < 4.78 is 78.7. The highest BCUT2D eigenvalue weighted by atomic mass is 16.7. The van der Waals surface area contributed by atoms with Crippen LogP contribution in [0.2, 0.25) is 0 Å². The number of hydrogen-bond acceptors (Lipinski definition) is 36. The molecule has 546 valence electrons. The number of aliphatic hydroxyl groups excluding tert-OH is 17. The van der Waals surface area contributed by atoms with Gasteiger partial charge in [-0.1, -0.05) is 0 Å². The number of aromatic hydroxyl groups is 2. The molecule has 38 heteroatoms. The second-order valence-corrected chi connectivity index (χ2v) is 23.5. The molecule has 4 aromatic carbocycles. The highest BCUT2D eigenvalue weighted by molar-refractivity contribution is 5.91. The lowest BCUT2D eigenvalue weighted by Gasteiger charge is -2.40. The van der Waals surface area contributed by atoms with Gasteiger partial charge in [0.15, 0.2) is 11.5 Å². The van der Waals surface area contributed by atoms with E-state index in [1.165, 1.54) is 48.5 Å². The number of benzene rings is 4. The Labute approximate surface area is 561 Å². The SMILES string of the molecule is O=C(O)CC(=O)OC[C@H]1O[C@@H](Oc2cc3c(O)cc(O[C@@H]4O[C@H](COC(=O)c5ccc(O[C@@H]6O[C@H](CO)[C@@H](O)[C@H](O)[C@H]6O)cc5)[C@@H](O)[C@H](O)[C@H]4O)cc3[o+]c2-c2ccc(O)c(O[C@@H]3O[C@H](COC(=O)c4ccc(O[C@@H]5O[C@H](CO)[C@@H](O)[C@H](O)[C@H]5O)cc4)[C@@H](O)[C@H](O)[C@H]3O)c2)[C@H](O)[C@@H](O)[C@@H]1O. The van der Waals surface area contributed by atoms with E-state index in [1.54, 1.807) is 0 Å². The Hall–Kier alpha value is -8.11. The molecule has 0 bridgehead atoms. The number of phenols is 2. The smallest absolute Gasteiger partial charge is 0.402 e. The van der Waals surface area contributed by atoms with Crippen LogP contribution in [0.25, 0.3) is 22.3 Å². The lowest BCUT2D eigenvalue weighted by Crippen LogP contribution is -2.60. The van der Waals surface area contributed by atoms with Gasteiger partial charge in [0.05, 0.1) is 36.0 Å². The van der Waals surface area contributed by atoms with Crippen LogP contribution in [0.4, 0.5) is 0 Å². The first-order valence-electron chi connectivity index (χ1n) is 30.5. The number of fused-ring (bicyclic) bond motifs is 1. The van der Waals surface area contributed by atoms with Gasteiger partial charge in [-0.25, -0.2) is 14.0 Å². The predicted molar refractivity (Wildman–Crippen MR) is 317 cm³/mol. The molecule has 20 N–H and O–H groups in total. The van der Waals surface area contributed by atoms with Crippen LogP contribution in [0.15, 0.2) is 89.3 Å². The van der Waals surface area contributed by atoms with Gasteiger partial charge < -0.3 is 164 Å². The summed E-state index contributed by atoms with van der Waals surface area (Å²) in [7, 11) is 0. The van der Waals surface area contributed by atoms with Gasteiger partial charge in [-0.15, -0.1) is 0 Å². The standard InChI is InChI=1S/C62H70O38/c63-16-33-40(70)45(75)50(80)58(96-33)90-24-6-1-21(2-7-24)56(85)88-19-36-43(73)47(77)52(82)60(98-36)92-26-12-29(66)27-14-32(95-62-54(84)48(78)42(72)35(99-62)18-87-39(69)15-38(67)68)55(93-30(27)13-26)23-5-10-28(65)31(11-23)94-61-53(83)49(79)44(74)37(100-61)20-89-57(86)22-3-8-25(9-4-22)91-59-51(81)46(76)41(71)34(17-64)97-59/h1-14,33-37,40-54,58-64,70-84H,15-20H2,(H2-,65,66,67,68)/p+1/t33-,34-,35-,36-,37-,40-,41-,42-,43-,44-,45+,46+,47+,48+,49+,50-,51-,52-,53-,54-,58-,59-,60-,61-,62-/m1/s1. The van der Waals surface area contributed by atoms with Crippen LogP contribution in [0.5, 0.6) is 40.2 Å². The normalized spacial score (nSPS) is 34.5. The molecule has 5 fully saturated rings. The van der Waals surface area contributed by atoms with Gasteiger partial charge in [-0.3, -0.25) is 9.59 Å². The van der Waals surface area contributed by atoms with Crippen molar-refractivity contribution in [3.8, 4) is 51.6 Å². The lowest BCUT2D eigenvalue weighted by molar-refractivity contribution is -0.278. The summed E-state index contributed by atoms with van der Waals surface area (Å²) in [5.74, 6) is -8.32. The highest BCUT2D eigenvalue weighted by Crippen LogP contribution is 2.44. The first-order chi connectivity index (χ1) is 47.5. The minimum Gasteiger partial charge on any atom is -0.507 e. The summed E-state index contributed by atoms with van der Waals surface area (Å²) in [6.45, 7) is -3.94. The van der Waals surface area contributed by atoms with Gasteiger partial charge in [0.25, 0.3) is 0 Å². The van der Waals surface area contributed by atoms with Crippen molar-refractivity contribution in [1.29, 1.82) is 0 Å². The van der Waals surface area contributed by atoms with Gasteiger partial charge in [0.2, 0.25) is 37.2 Å². The molecule has 38 nitrogen and oxygen atoms in total. The molecule has 0 amide bonds. The zero-order chi connectivity index (χ0) is 72.3. The first-order valence-corrected chi connectivity index (χ1v) is 30.5. The van der Waals surface area contributed by atoms with Crippen molar-refractivity contribution in [3.63, 3.8) is 0 Å². The minimum absolute atomic E-state index is 0.00174. The molecule has 0 saturated carbocycles. The van der Waals surface area contributed by atoms with E-state index in [-0.39, 0.29) is 39.2 Å². The maximum Gasteiger partial charge on any atom is 0.402 e. The van der Waals surface area contributed by atoms with Crippen LogP contribution in [-0.4, -0.2) is 313 Å². The maximum atomic E-state index is 13.2. The molecule has 100 heavy (non-hydrogen) atoms. The number of carbonyl (C=O) groups is 4. The van der Waals surface area contributed by atoms with Gasteiger partial charge in [0, 0.05) is 18.2 Å². The van der Waals surface area contributed by atoms with Crippen LogP contribution in [-0.2, 0) is 47.5 Å². The summed E-state index contributed by atoms with van der Waals surface area (Å²) in [5, 5.41) is 211. The topological polar surface area (TPSA) is 604 Å². The third kappa shape index (κ3) is 16.4. The minimum atomic E-state index is -2.15. The fourth-order valence-electron chi connectivity index (χ4n) is 10.9. The van der Waals surface area contributed by atoms with Crippen molar-refractivity contribution >= 4 is 34.8 Å². The van der Waals surface area contributed by atoms with Crippen molar-refractivity contribution in [2.75, 3.05) is 33.0 Å². The molecule has 5 aliphatic heterocycles. The van der Waals surface area contributed by atoms with E-state index in [4.69, 9.17) is 71.1 Å². The van der Waals surface area contributed by atoms with E-state index >= 15 is 0 Å². The average molecular weight is 1420 g/mol. The predicted octanol–water partition coefficient (Wildman–Crippen LogP) is -6.56. The van der Waals surface area contributed by atoms with Crippen molar-refractivity contribution in [3.05, 3.63) is 96.1 Å². The third-order valence-electron chi connectivity index (χ3n) is 16.6. The van der Waals surface area contributed by atoms with Gasteiger partial charge in [-0.05, 0) is 60.7 Å². The second-order valence-electron chi connectivity index (χ2n) is 23.5. The van der Waals surface area contributed by atoms with E-state index < -0.39 is 251 Å². The summed E-state index contributed by atoms with van der Waals surface area (Å²) in [4.78, 5) is 49.7. The summed E-state index contributed by atoms with van der Waals surface area (Å²) >= 11 is 0. The number of aliphatic carboxylic acids is 1. The molecule has 5 aliphatic rings. The quantitative estimate of drug-likeness (QED) is 0.0125. The zero-order valence-corrected chi connectivity index (χ0v) is 51.6. The summed E-state index contributed by atoms with van der Waals surface area (Å²) in [6, 6.07) is 16.1. The lowest BCUT2D eigenvalue weighted by atomic mass is 9.99. The number of rotatable bonds is 23. The van der Waals surface area contributed by atoms with Crippen LogP contribution in [0, 0.1) is 0 Å². The Morgan fingerprint density at radius 3 is 1.16 bits per heavy atom. The molecular weight excluding hydrogens is 1350 g/mol. The van der Waals surface area contributed by atoms with Crippen molar-refractivity contribution in [2.24, 2.45) is 0 Å². The number of aliphatic hydroxyl groups is 17. The number of esters is 3.